The summed E-state index contributed by atoms with van der Waals surface area (Å²) in [5.41, 5.74) is 1.67. The molecule has 1 aromatic rings. The first-order chi connectivity index (χ1) is 12.1. The fourth-order valence-electron chi connectivity index (χ4n) is 3.63. The summed E-state index contributed by atoms with van der Waals surface area (Å²) in [5.74, 6) is 0. The fourth-order valence-corrected chi connectivity index (χ4v) is 4.94. The molecule has 3 rings (SSSR count). The number of para-hydroxylation sites is 2. The zero-order valence-corrected chi connectivity index (χ0v) is 16.0. The number of hydrogen-bond acceptors (Lipinski definition) is 4. The summed E-state index contributed by atoms with van der Waals surface area (Å²) in [6.07, 6.45) is 4.12. The van der Waals surface area contributed by atoms with Crippen molar-refractivity contribution in [1.29, 1.82) is 0 Å². The third-order valence-corrected chi connectivity index (χ3v) is 6.73. The van der Waals surface area contributed by atoms with Gasteiger partial charge in [0.05, 0.1) is 11.4 Å². The highest BCUT2D eigenvalue weighted by molar-refractivity contribution is 7.90. The van der Waals surface area contributed by atoms with Gasteiger partial charge in [0.15, 0.2) is 0 Å². The van der Waals surface area contributed by atoms with Crippen molar-refractivity contribution in [3.8, 4) is 0 Å². The third-order valence-electron chi connectivity index (χ3n) is 5.21. The first-order valence-corrected chi connectivity index (χ1v) is 10.9. The smallest absolute Gasteiger partial charge is 0.301 e. The SMILES string of the molecule is CCN1CCN(c2ccccc2NS(=O)(=O)N2CCCCCC2)CC1. The molecule has 0 unspecified atom stereocenters. The maximum absolute atomic E-state index is 12.8. The number of likely N-dealkylation sites (N-methyl/N-ethyl adjacent to an activating group) is 1. The Bertz CT molecular complexity index is 649. The predicted octanol–water partition coefficient (Wildman–Crippen LogP) is 2.36. The molecule has 0 aromatic heterocycles. The Morgan fingerprint density at radius 2 is 1.56 bits per heavy atom. The Balaban J connectivity index is 1.74. The van der Waals surface area contributed by atoms with Gasteiger partial charge in [0.25, 0.3) is 0 Å². The molecule has 0 spiro atoms. The molecule has 0 radical (unpaired) electrons. The van der Waals surface area contributed by atoms with Crippen LogP contribution in [-0.2, 0) is 10.2 Å². The summed E-state index contributed by atoms with van der Waals surface area (Å²) in [6, 6.07) is 7.76. The van der Waals surface area contributed by atoms with Crippen LogP contribution in [0.3, 0.4) is 0 Å². The van der Waals surface area contributed by atoms with Gasteiger partial charge in [-0.1, -0.05) is 31.9 Å². The van der Waals surface area contributed by atoms with Crippen molar-refractivity contribution in [3.63, 3.8) is 0 Å². The van der Waals surface area contributed by atoms with Crippen molar-refractivity contribution in [1.82, 2.24) is 9.21 Å². The van der Waals surface area contributed by atoms with Crippen LogP contribution in [-0.4, -0.2) is 63.4 Å². The molecule has 0 saturated carbocycles. The van der Waals surface area contributed by atoms with E-state index >= 15 is 0 Å². The molecule has 2 heterocycles. The van der Waals surface area contributed by atoms with Crippen LogP contribution >= 0.6 is 0 Å². The topological polar surface area (TPSA) is 55.9 Å². The molecule has 7 heteroatoms. The van der Waals surface area contributed by atoms with Crippen molar-refractivity contribution in [2.24, 2.45) is 0 Å². The third kappa shape index (κ3) is 4.65. The quantitative estimate of drug-likeness (QED) is 0.869. The molecule has 25 heavy (non-hydrogen) atoms. The van der Waals surface area contributed by atoms with Crippen LogP contribution in [0.2, 0.25) is 0 Å². The van der Waals surface area contributed by atoms with Crippen LogP contribution in [0.4, 0.5) is 11.4 Å². The monoisotopic (exact) mass is 366 g/mol. The highest BCUT2D eigenvalue weighted by Crippen LogP contribution is 2.28. The van der Waals surface area contributed by atoms with Crippen molar-refractivity contribution < 1.29 is 8.42 Å². The average Bonchev–Trinajstić information content (AvgIpc) is 2.92. The minimum absolute atomic E-state index is 0.618. The molecule has 2 fully saturated rings. The van der Waals surface area contributed by atoms with Crippen LogP contribution in [0, 0.1) is 0 Å². The van der Waals surface area contributed by atoms with E-state index < -0.39 is 10.2 Å². The predicted molar refractivity (Wildman–Crippen MR) is 103 cm³/mol. The van der Waals surface area contributed by atoms with E-state index in [2.05, 4.69) is 21.4 Å². The molecule has 2 saturated heterocycles. The molecular weight excluding hydrogens is 336 g/mol. The van der Waals surface area contributed by atoms with E-state index in [0.29, 0.717) is 18.8 Å². The maximum atomic E-state index is 12.8. The largest absolute Gasteiger partial charge is 0.367 e. The van der Waals surface area contributed by atoms with Gasteiger partial charge in [-0.25, -0.2) is 0 Å². The number of nitrogens with one attached hydrogen (secondary N) is 1. The van der Waals surface area contributed by atoms with E-state index in [-0.39, 0.29) is 0 Å². The zero-order valence-electron chi connectivity index (χ0n) is 15.2. The Kier molecular flexibility index (Phi) is 6.19. The number of rotatable bonds is 5. The summed E-state index contributed by atoms with van der Waals surface area (Å²) in [7, 11) is -3.49. The van der Waals surface area contributed by atoms with E-state index in [1.807, 2.05) is 24.3 Å². The second kappa shape index (κ2) is 8.38. The second-order valence-electron chi connectivity index (χ2n) is 6.86. The molecular formula is C18H30N4O2S. The van der Waals surface area contributed by atoms with Crippen molar-refractivity contribution in [2.45, 2.75) is 32.6 Å². The Morgan fingerprint density at radius 3 is 2.20 bits per heavy atom. The highest BCUT2D eigenvalue weighted by Gasteiger charge is 2.25. The lowest BCUT2D eigenvalue weighted by Gasteiger charge is -2.36. The summed E-state index contributed by atoms with van der Waals surface area (Å²) < 4.78 is 30.1. The van der Waals surface area contributed by atoms with Crippen LogP contribution in [0.1, 0.15) is 32.6 Å². The normalized spacial score (nSPS) is 21.1. The van der Waals surface area contributed by atoms with Gasteiger partial charge in [-0.15, -0.1) is 0 Å². The van der Waals surface area contributed by atoms with Crippen molar-refractivity contribution in [3.05, 3.63) is 24.3 Å². The van der Waals surface area contributed by atoms with Gasteiger partial charge in [0, 0.05) is 39.3 Å². The number of hydrogen-bond donors (Lipinski definition) is 1. The van der Waals surface area contributed by atoms with Crippen LogP contribution in [0.15, 0.2) is 24.3 Å². The van der Waals surface area contributed by atoms with Gasteiger partial charge in [0.2, 0.25) is 0 Å². The van der Waals surface area contributed by atoms with Crippen LogP contribution in [0.5, 0.6) is 0 Å². The van der Waals surface area contributed by atoms with Gasteiger partial charge >= 0.3 is 10.2 Å². The number of piperazine rings is 1. The molecule has 1 aromatic carbocycles. The minimum atomic E-state index is -3.49. The first-order valence-electron chi connectivity index (χ1n) is 9.44. The Morgan fingerprint density at radius 1 is 0.920 bits per heavy atom. The maximum Gasteiger partial charge on any atom is 0.301 e. The van der Waals surface area contributed by atoms with Crippen molar-refractivity contribution in [2.75, 3.05) is 55.4 Å². The van der Waals surface area contributed by atoms with Crippen LogP contribution in [0.25, 0.3) is 0 Å². The van der Waals surface area contributed by atoms with E-state index in [0.717, 1.165) is 64.1 Å². The molecule has 0 atom stereocenters. The van der Waals surface area contributed by atoms with Gasteiger partial charge in [-0.3, -0.25) is 4.72 Å². The number of anilines is 2. The second-order valence-corrected chi connectivity index (χ2v) is 8.53. The van der Waals surface area contributed by atoms with E-state index in [1.165, 1.54) is 0 Å². The molecule has 0 amide bonds. The van der Waals surface area contributed by atoms with E-state index in [4.69, 9.17) is 0 Å². The number of benzene rings is 1. The molecule has 1 N–H and O–H groups in total. The number of nitrogens with zero attached hydrogens (tertiary/aromatic N) is 3. The Labute approximate surface area is 152 Å². The summed E-state index contributed by atoms with van der Waals surface area (Å²) in [6.45, 7) is 8.37. The minimum Gasteiger partial charge on any atom is -0.367 e. The van der Waals surface area contributed by atoms with E-state index in [1.54, 1.807) is 4.31 Å². The first kappa shape index (κ1) is 18.5. The van der Waals surface area contributed by atoms with Gasteiger partial charge in [0.1, 0.15) is 0 Å². The standard InChI is InChI=1S/C18H30N4O2S/c1-2-20-13-15-21(16-14-20)18-10-6-5-9-17(18)19-25(23,24)22-11-7-3-4-8-12-22/h5-6,9-10,19H,2-4,7-8,11-16H2,1H3. The fraction of sp³-hybridized carbons (Fsp3) is 0.667. The lowest BCUT2D eigenvalue weighted by molar-refractivity contribution is 0.271. The summed E-state index contributed by atoms with van der Waals surface area (Å²) in [4.78, 5) is 4.70. The van der Waals surface area contributed by atoms with Crippen LogP contribution < -0.4 is 9.62 Å². The Hall–Kier alpha value is -1.31. The summed E-state index contributed by atoms with van der Waals surface area (Å²) in [5, 5.41) is 0. The van der Waals surface area contributed by atoms with Crippen molar-refractivity contribution >= 4 is 21.6 Å². The van der Waals surface area contributed by atoms with Gasteiger partial charge < -0.3 is 9.80 Å². The molecule has 2 aliphatic heterocycles. The lowest BCUT2D eigenvalue weighted by atomic mass is 10.2. The highest BCUT2D eigenvalue weighted by atomic mass is 32.2. The average molecular weight is 367 g/mol. The van der Waals surface area contributed by atoms with Gasteiger partial charge in [-0.05, 0) is 31.5 Å². The molecule has 140 valence electrons. The molecule has 2 aliphatic rings. The molecule has 6 nitrogen and oxygen atoms in total. The molecule has 0 aliphatic carbocycles. The van der Waals surface area contributed by atoms with Gasteiger partial charge in [-0.2, -0.15) is 12.7 Å². The lowest BCUT2D eigenvalue weighted by Crippen LogP contribution is -2.46. The summed E-state index contributed by atoms with van der Waals surface area (Å²) >= 11 is 0. The zero-order chi connectivity index (χ0) is 17.7. The molecule has 0 bridgehead atoms. The van der Waals surface area contributed by atoms with E-state index in [9.17, 15) is 8.42 Å².